The average molecular weight is 337 g/mol. The molecule has 0 saturated carbocycles. The lowest BCUT2D eigenvalue weighted by Crippen LogP contribution is -2.00. The zero-order valence-electron chi connectivity index (χ0n) is 13.5. The highest BCUT2D eigenvalue weighted by molar-refractivity contribution is 7.99. The minimum absolute atomic E-state index is 0.129. The van der Waals surface area contributed by atoms with Gasteiger partial charge < -0.3 is 4.42 Å². The number of rotatable bonds is 4. The number of hydrogen-bond acceptors (Lipinski definition) is 7. The van der Waals surface area contributed by atoms with E-state index in [1.54, 1.807) is 0 Å². The lowest BCUT2D eigenvalue weighted by atomic mass is 10.2. The van der Waals surface area contributed by atoms with E-state index in [0.29, 0.717) is 33.9 Å². The molecule has 6 nitrogen and oxygen atoms in total. The average Bonchev–Trinajstić information content (AvgIpc) is 3.05. The van der Waals surface area contributed by atoms with Gasteiger partial charge in [0.2, 0.25) is 11.8 Å². The van der Waals surface area contributed by atoms with E-state index >= 15 is 0 Å². The maximum absolute atomic E-state index is 9.33. The number of hydrogen-bond donors (Lipinski definition) is 0. The molecular weight excluding hydrogens is 322 g/mol. The molecule has 0 radical (unpaired) electrons. The second kappa shape index (κ2) is 6.81. The van der Waals surface area contributed by atoms with Crippen LogP contribution in [-0.2, 0) is 0 Å². The first-order valence-electron chi connectivity index (χ1n) is 7.39. The van der Waals surface area contributed by atoms with E-state index in [0.717, 1.165) is 5.56 Å². The standard InChI is InChI=1S/C17H15N5OS/c1-10-14(9-18)17(20-12(3)19-10)24-11(2)15-21-22-16(23-15)13-7-5-4-6-8-13/h4-8,11H,1-3H3. The third-order valence-corrected chi connectivity index (χ3v) is 4.45. The van der Waals surface area contributed by atoms with Crippen LogP contribution in [0.25, 0.3) is 11.5 Å². The second-order valence-corrected chi connectivity index (χ2v) is 6.55. The van der Waals surface area contributed by atoms with Crippen molar-refractivity contribution in [3.63, 3.8) is 0 Å². The molecule has 2 heterocycles. The SMILES string of the molecule is Cc1nc(C)c(C#N)c(SC(C)c2nnc(-c3ccccc3)o2)n1. The third kappa shape index (κ3) is 3.29. The van der Waals surface area contributed by atoms with Crippen molar-refractivity contribution >= 4 is 11.8 Å². The molecule has 0 fully saturated rings. The summed E-state index contributed by atoms with van der Waals surface area (Å²) in [5.74, 6) is 1.61. The highest BCUT2D eigenvalue weighted by atomic mass is 32.2. The van der Waals surface area contributed by atoms with Gasteiger partial charge in [-0.3, -0.25) is 0 Å². The van der Waals surface area contributed by atoms with Gasteiger partial charge in [-0.2, -0.15) is 5.26 Å². The number of benzene rings is 1. The van der Waals surface area contributed by atoms with Crippen LogP contribution in [0.5, 0.6) is 0 Å². The molecule has 3 aromatic rings. The van der Waals surface area contributed by atoms with Crippen molar-refractivity contribution in [2.24, 2.45) is 0 Å². The normalized spacial score (nSPS) is 11.9. The Kier molecular flexibility index (Phi) is 4.58. The van der Waals surface area contributed by atoms with Crippen molar-refractivity contribution in [1.82, 2.24) is 20.2 Å². The molecule has 24 heavy (non-hydrogen) atoms. The van der Waals surface area contributed by atoms with E-state index in [4.69, 9.17) is 4.42 Å². The van der Waals surface area contributed by atoms with E-state index in [9.17, 15) is 5.26 Å². The molecule has 1 aromatic carbocycles. The summed E-state index contributed by atoms with van der Waals surface area (Å²) < 4.78 is 5.77. The summed E-state index contributed by atoms with van der Waals surface area (Å²) in [6.45, 7) is 5.56. The molecule has 1 atom stereocenters. The largest absolute Gasteiger partial charge is 0.419 e. The molecule has 0 aliphatic heterocycles. The lowest BCUT2D eigenvalue weighted by molar-refractivity contribution is 0.509. The van der Waals surface area contributed by atoms with Gasteiger partial charge in [-0.05, 0) is 32.9 Å². The second-order valence-electron chi connectivity index (χ2n) is 5.22. The fraction of sp³-hybridized carbons (Fsp3) is 0.235. The van der Waals surface area contributed by atoms with Crippen LogP contribution in [-0.4, -0.2) is 20.2 Å². The summed E-state index contributed by atoms with van der Waals surface area (Å²) in [6.07, 6.45) is 0. The van der Waals surface area contributed by atoms with E-state index in [1.165, 1.54) is 11.8 Å². The summed E-state index contributed by atoms with van der Waals surface area (Å²) in [5, 5.41) is 18.1. The van der Waals surface area contributed by atoms with Crippen molar-refractivity contribution in [2.75, 3.05) is 0 Å². The van der Waals surface area contributed by atoms with Crippen molar-refractivity contribution in [3.05, 3.63) is 53.3 Å². The smallest absolute Gasteiger partial charge is 0.247 e. The van der Waals surface area contributed by atoms with Crippen LogP contribution in [0, 0.1) is 25.2 Å². The fourth-order valence-electron chi connectivity index (χ4n) is 2.21. The van der Waals surface area contributed by atoms with Crippen LogP contribution in [0.2, 0.25) is 0 Å². The quantitative estimate of drug-likeness (QED) is 0.527. The minimum atomic E-state index is -0.129. The van der Waals surface area contributed by atoms with Crippen LogP contribution < -0.4 is 0 Å². The number of nitrogens with zero attached hydrogens (tertiary/aromatic N) is 5. The number of aromatic nitrogens is 4. The molecule has 120 valence electrons. The predicted molar refractivity (Wildman–Crippen MR) is 90.2 cm³/mol. The van der Waals surface area contributed by atoms with Crippen molar-refractivity contribution in [2.45, 2.75) is 31.0 Å². The van der Waals surface area contributed by atoms with Crippen molar-refractivity contribution in [3.8, 4) is 17.5 Å². The minimum Gasteiger partial charge on any atom is -0.419 e. The molecule has 1 unspecified atom stereocenters. The predicted octanol–water partition coefficient (Wildman–Crippen LogP) is 3.87. The number of thioether (sulfide) groups is 1. The summed E-state index contributed by atoms with van der Waals surface area (Å²) in [4.78, 5) is 8.61. The summed E-state index contributed by atoms with van der Waals surface area (Å²) in [7, 11) is 0. The maximum Gasteiger partial charge on any atom is 0.247 e. The molecule has 0 N–H and O–H groups in total. The van der Waals surface area contributed by atoms with Crippen LogP contribution in [0.3, 0.4) is 0 Å². The van der Waals surface area contributed by atoms with Crippen LogP contribution in [0.4, 0.5) is 0 Å². The third-order valence-electron chi connectivity index (χ3n) is 3.38. The van der Waals surface area contributed by atoms with Gasteiger partial charge >= 0.3 is 0 Å². The Labute approximate surface area is 144 Å². The van der Waals surface area contributed by atoms with Gasteiger partial charge in [0.25, 0.3) is 0 Å². The fourth-order valence-corrected chi connectivity index (χ4v) is 3.24. The van der Waals surface area contributed by atoms with E-state index in [1.807, 2.05) is 51.1 Å². The van der Waals surface area contributed by atoms with Gasteiger partial charge in [-0.15, -0.1) is 10.2 Å². The molecule has 0 aliphatic carbocycles. The van der Waals surface area contributed by atoms with Gasteiger partial charge in [0.05, 0.1) is 10.9 Å². The summed E-state index contributed by atoms with van der Waals surface area (Å²) >= 11 is 1.41. The molecule has 0 bridgehead atoms. The molecule has 0 aliphatic rings. The molecule has 3 rings (SSSR count). The topological polar surface area (TPSA) is 88.5 Å². The Morgan fingerprint density at radius 2 is 1.88 bits per heavy atom. The van der Waals surface area contributed by atoms with Gasteiger partial charge in [0.15, 0.2) is 0 Å². The molecular formula is C17H15N5OS. The first kappa shape index (κ1) is 16.1. The van der Waals surface area contributed by atoms with E-state index in [2.05, 4.69) is 26.2 Å². The van der Waals surface area contributed by atoms with Gasteiger partial charge in [-0.1, -0.05) is 30.0 Å². The summed E-state index contributed by atoms with van der Waals surface area (Å²) in [5.41, 5.74) is 2.04. The summed E-state index contributed by atoms with van der Waals surface area (Å²) in [6, 6.07) is 11.8. The number of nitriles is 1. The van der Waals surface area contributed by atoms with Crippen molar-refractivity contribution < 1.29 is 4.42 Å². The molecule has 0 amide bonds. The van der Waals surface area contributed by atoms with Gasteiger partial charge in [-0.25, -0.2) is 9.97 Å². The molecule has 0 saturated heterocycles. The van der Waals surface area contributed by atoms with Crippen LogP contribution in [0.1, 0.15) is 35.1 Å². The highest BCUT2D eigenvalue weighted by Crippen LogP contribution is 2.36. The Hall–Kier alpha value is -2.72. The van der Waals surface area contributed by atoms with Crippen LogP contribution in [0.15, 0.2) is 39.8 Å². The molecule has 7 heteroatoms. The zero-order chi connectivity index (χ0) is 17.1. The highest BCUT2D eigenvalue weighted by Gasteiger charge is 2.20. The Bertz CT molecular complexity index is 901. The maximum atomic E-state index is 9.33. The molecule has 2 aromatic heterocycles. The van der Waals surface area contributed by atoms with E-state index < -0.39 is 0 Å². The van der Waals surface area contributed by atoms with Gasteiger partial charge in [0.1, 0.15) is 22.5 Å². The van der Waals surface area contributed by atoms with Gasteiger partial charge in [0, 0.05) is 5.56 Å². The van der Waals surface area contributed by atoms with Crippen molar-refractivity contribution in [1.29, 1.82) is 5.26 Å². The first-order valence-corrected chi connectivity index (χ1v) is 8.27. The first-order chi connectivity index (χ1) is 11.6. The zero-order valence-corrected chi connectivity index (χ0v) is 14.3. The Morgan fingerprint density at radius 1 is 1.12 bits per heavy atom. The lowest BCUT2D eigenvalue weighted by Gasteiger charge is -2.09. The Balaban J connectivity index is 1.85. The Morgan fingerprint density at radius 3 is 2.58 bits per heavy atom. The van der Waals surface area contributed by atoms with E-state index in [-0.39, 0.29) is 5.25 Å². The monoisotopic (exact) mass is 337 g/mol. The van der Waals surface area contributed by atoms with Crippen LogP contribution >= 0.6 is 11.8 Å². The molecule has 0 spiro atoms. The number of aryl methyl sites for hydroxylation is 2.